The van der Waals surface area contributed by atoms with E-state index in [1.165, 1.54) is 0 Å². The number of esters is 1. The molecule has 0 radical (unpaired) electrons. The predicted octanol–water partition coefficient (Wildman–Crippen LogP) is 6.98. The molecule has 29 heavy (non-hydrogen) atoms. The van der Waals surface area contributed by atoms with Gasteiger partial charge in [0.2, 0.25) is 0 Å². The van der Waals surface area contributed by atoms with Crippen molar-refractivity contribution in [1.29, 1.82) is 0 Å². The molecular formula is C25H33NO2U. The van der Waals surface area contributed by atoms with Gasteiger partial charge in [0, 0.05) is 5.56 Å². The number of rotatable bonds is 7. The van der Waals surface area contributed by atoms with E-state index < -0.39 is 0 Å². The molecule has 0 fully saturated rings. The van der Waals surface area contributed by atoms with Gasteiger partial charge < -0.3 is 17.1 Å². The van der Waals surface area contributed by atoms with Crippen molar-refractivity contribution in [2.45, 2.75) is 41.0 Å². The van der Waals surface area contributed by atoms with Crippen LogP contribution in [0.4, 0.5) is 0 Å². The summed E-state index contributed by atoms with van der Waals surface area (Å²) in [4.78, 5) is 15.4. The summed E-state index contributed by atoms with van der Waals surface area (Å²) < 4.78 is 5.18. The van der Waals surface area contributed by atoms with Crippen molar-refractivity contribution in [3.63, 3.8) is 0 Å². The second kappa shape index (κ2) is 16.1. The summed E-state index contributed by atoms with van der Waals surface area (Å²) in [6.45, 7) is 14.4. The maximum absolute atomic E-state index is 12.3. The number of hydrogen-bond donors (Lipinski definition) is 1. The molecule has 0 aliphatic heterocycles. The summed E-state index contributed by atoms with van der Waals surface area (Å²) in [5.74, 6) is -0.375. The SMILES string of the molecule is C=C(/C=C\C=C/CC)c1c(-c2ccc[c-]c2C)c[nH]c1C(=O)OCC.CC.[CH3-].[U+2]. The Bertz CT molecular complexity index is 816. The second-order valence-electron chi connectivity index (χ2n) is 5.60. The summed E-state index contributed by atoms with van der Waals surface area (Å²) in [6.07, 6.45) is 10.7. The minimum Gasteiger partial charge on any atom is -0.461 e. The number of nitrogens with one attached hydrogen (secondary N) is 1. The Kier molecular flexibility index (Phi) is 16.3. The van der Waals surface area contributed by atoms with Gasteiger partial charge in [-0.25, -0.2) is 4.79 Å². The molecule has 0 aliphatic rings. The molecule has 0 atom stereocenters. The molecule has 0 amide bonds. The normalized spacial score (nSPS) is 9.97. The van der Waals surface area contributed by atoms with Crippen LogP contribution in [-0.2, 0) is 4.74 Å². The van der Waals surface area contributed by atoms with E-state index in [9.17, 15) is 4.79 Å². The minimum absolute atomic E-state index is 0. The molecular weight excluding hydrogens is 584 g/mol. The summed E-state index contributed by atoms with van der Waals surface area (Å²) in [5.41, 5.74) is 4.90. The molecule has 1 N–H and O–H groups in total. The van der Waals surface area contributed by atoms with Gasteiger partial charge in [-0.15, -0.1) is 5.56 Å². The van der Waals surface area contributed by atoms with Crippen LogP contribution in [0.25, 0.3) is 16.7 Å². The van der Waals surface area contributed by atoms with E-state index in [1.54, 1.807) is 6.92 Å². The number of hydrogen-bond acceptors (Lipinski definition) is 2. The first-order valence-electron chi connectivity index (χ1n) is 9.48. The number of H-pyrrole nitrogens is 1. The Morgan fingerprint density at radius 1 is 1.24 bits per heavy atom. The van der Waals surface area contributed by atoms with Gasteiger partial charge in [-0.05, 0) is 30.7 Å². The molecule has 4 heteroatoms. The van der Waals surface area contributed by atoms with E-state index in [2.05, 4.69) is 30.6 Å². The number of carbonyl (C=O) groups is 1. The van der Waals surface area contributed by atoms with E-state index in [0.717, 1.165) is 34.2 Å². The van der Waals surface area contributed by atoms with Crippen LogP contribution in [0.5, 0.6) is 0 Å². The number of aromatic nitrogens is 1. The average Bonchev–Trinajstić information content (AvgIpc) is 3.12. The second-order valence-corrected chi connectivity index (χ2v) is 5.60. The van der Waals surface area contributed by atoms with Crippen LogP contribution in [0.1, 0.15) is 55.7 Å². The Balaban J connectivity index is 0. The molecule has 1 aromatic heterocycles. The van der Waals surface area contributed by atoms with Gasteiger partial charge in [-0.3, -0.25) is 0 Å². The molecule has 1 aromatic carbocycles. The number of aromatic amines is 1. The third kappa shape index (κ3) is 8.25. The van der Waals surface area contributed by atoms with Crippen LogP contribution in [0.15, 0.2) is 55.3 Å². The smallest absolute Gasteiger partial charge is 0.461 e. The molecule has 0 spiro atoms. The Morgan fingerprint density at radius 3 is 2.52 bits per heavy atom. The molecule has 3 nitrogen and oxygen atoms in total. The first-order chi connectivity index (χ1) is 13.1. The van der Waals surface area contributed by atoms with Crippen LogP contribution in [0.3, 0.4) is 0 Å². The molecule has 0 saturated carbocycles. The maximum atomic E-state index is 12.3. The fourth-order valence-electron chi connectivity index (χ4n) is 2.62. The molecule has 0 unspecified atom stereocenters. The zero-order valence-corrected chi connectivity index (χ0v) is 22.7. The van der Waals surface area contributed by atoms with E-state index in [1.807, 2.05) is 63.4 Å². The Labute approximate surface area is 200 Å². The van der Waals surface area contributed by atoms with Gasteiger partial charge in [0.1, 0.15) is 5.69 Å². The first kappa shape index (κ1) is 29.4. The van der Waals surface area contributed by atoms with Crippen LogP contribution in [0.2, 0.25) is 0 Å². The zero-order chi connectivity index (χ0) is 20.2. The summed E-state index contributed by atoms with van der Waals surface area (Å²) in [5, 5.41) is 0. The van der Waals surface area contributed by atoms with Crippen molar-refractivity contribution in [1.82, 2.24) is 4.98 Å². The third-order valence-corrected chi connectivity index (χ3v) is 3.81. The van der Waals surface area contributed by atoms with Gasteiger partial charge >= 0.3 is 37.1 Å². The topological polar surface area (TPSA) is 42.1 Å². The average molecular weight is 618 g/mol. The van der Waals surface area contributed by atoms with Gasteiger partial charge in [0.15, 0.2) is 0 Å². The minimum atomic E-state index is -0.375. The van der Waals surface area contributed by atoms with E-state index >= 15 is 0 Å². The molecule has 0 saturated heterocycles. The van der Waals surface area contributed by atoms with Crippen molar-refractivity contribution in [3.8, 4) is 11.1 Å². The number of benzene rings is 1. The quantitative estimate of drug-likeness (QED) is 0.207. The van der Waals surface area contributed by atoms with E-state index in [-0.39, 0.29) is 44.5 Å². The molecule has 1 heterocycles. The van der Waals surface area contributed by atoms with Gasteiger partial charge in [0.05, 0.1) is 6.61 Å². The first-order valence-corrected chi connectivity index (χ1v) is 9.48. The molecule has 0 bridgehead atoms. The Hall–Kier alpha value is -1.76. The summed E-state index contributed by atoms with van der Waals surface area (Å²) >= 11 is 0. The van der Waals surface area contributed by atoms with Crippen LogP contribution < -0.4 is 0 Å². The number of aryl methyl sites for hydroxylation is 1. The molecule has 154 valence electrons. The van der Waals surface area contributed by atoms with Gasteiger partial charge in [-0.1, -0.05) is 58.6 Å². The van der Waals surface area contributed by atoms with Crippen molar-refractivity contribution in [3.05, 3.63) is 85.6 Å². The summed E-state index contributed by atoms with van der Waals surface area (Å²) in [7, 11) is 0. The largest absolute Gasteiger partial charge is 2.00 e. The molecule has 2 aromatic rings. The Morgan fingerprint density at radius 2 is 1.93 bits per heavy atom. The fourth-order valence-corrected chi connectivity index (χ4v) is 2.62. The van der Waals surface area contributed by atoms with Gasteiger partial charge in [0.25, 0.3) is 0 Å². The fraction of sp³-hybridized carbons (Fsp3) is 0.280. The van der Waals surface area contributed by atoms with Crippen molar-refractivity contribution >= 4 is 11.5 Å². The van der Waals surface area contributed by atoms with E-state index in [4.69, 9.17) is 4.74 Å². The van der Waals surface area contributed by atoms with Crippen LogP contribution in [-0.4, -0.2) is 17.6 Å². The van der Waals surface area contributed by atoms with Crippen molar-refractivity contribution < 1.29 is 40.6 Å². The van der Waals surface area contributed by atoms with Crippen molar-refractivity contribution in [2.24, 2.45) is 0 Å². The van der Waals surface area contributed by atoms with Gasteiger partial charge in [-0.2, -0.15) is 29.8 Å². The zero-order valence-electron chi connectivity index (χ0n) is 18.6. The molecule has 2 rings (SSSR count). The van der Waals surface area contributed by atoms with E-state index in [0.29, 0.717) is 12.3 Å². The van der Waals surface area contributed by atoms with Crippen LogP contribution >= 0.6 is 0 Å². The van der Waals surface area contributed by atoms with Crippen molar-refractivity contribution in [2.75, 3.05) is 6.61 Å². The number of carbonyl (C=O) groups excluding carboxylic acids is 1. The standard InChI is InChI=1S/C22H24NO2.C2H6.CH3.U/c1-5-7-8-9-13-17(4)20-19(18-14-11-10-12-16(18)3)15-23-21(20)22(24)25-6-2;1-2;;/h7-11,13-15,23H,4-6H2,1-3H3;1-2H3;1H3;/q-1;;-1;+2/b8-7-,13-9-;;;. The third-order valence-electron chi connectivity index (χ3n) is 3.81. The molecule has 0 aliphatic carbocycles. The number of allylic oxidation sites excluding steroid dienone is 5. The monoisotopic (exact) mass is 617 g/mol. The maximum Gasteiger partial charge on any atom is 2.00 e. The van der Waals surface area contributed by atoms with Crippen LogP contribution in [0, 0.1) is 51.5 Å². The number of ether oxygens (including phenoxy) is 1. The summed E-state index contributed by atoms with van der Waals surface area (Å²) in [6, 6.07) is 9.03. The predicted molar refractivity (Wildman–Crippen MR) is 121 cm³/mol.